The minimum absolute atomic E-state index is 0.140. The molecule has 4 nitrogen and oxygen atoms in total. The van der Waals surface area contributed by atoms with Gasteiger partial charge in [0, 0.05) is 19.3 Å². The quantitative estimate of drug-likeness (QED) is 0.612. The zero-order valence-corrected chi connectivity index (χ0v) is 11.2. The Morgan fingerprint density at radius 1 is 1.17 bits per heavy atom. The van der Waals surface area contributed by atoms with Crippen molar-refractivity contribution >= 4 is 5.91 Å². The van der Waals surface area contributed by atoms with E-state index in [1.54, 1.807) is 0 Å². The van der Waals surface area contributed by atoms with Gasteiger partial charge in [0.1, 0.15) is 0 Å². The molecular formula is C14H26N2O2. The topological polar surface area (TPSA) is 50.4 Å². The molecule has 2 N–H and O–H groups in total. The third-order valence-electron chi connectivity index (χ3n) is 3.70. The van der Waals surface area contributed by atoms with Crippen molar-refractivity contribution < 1.29 is 9.53 Å². The Bertz CT molecular complexity index is 248. The molecular weight excluding hydrogens is 228 g/mol. The van der Waals surface area contributed by atoms with Gasteiger partial charge >= 0.3 is 0 Å². The molecule has 0 saturated heterocycles. The van der Waals surface area contributed by atoms with Crippen LogP contribution in [0.3, 0.4) is 0 Å². The third-order valence-corrected chi connectivity index (χ3v) is 3.70. The van der Waals surface area contributed by atoms with Gasteiger partial charge in [-0.2, -0.15) is 0 Å². The van der Waals surface area contributed by atoms with Crippen molar-refractivity contribution in [2.45, 2.75) is 51.0 Å². The summed E-state index contributed by atoms with van der Waals surface area (Å²) in [5.74, 6) is 0.982. The van der Waals surface area contributed by atoms with Crippen molar-refractivity contribution in [1.29, 1.82) is 0 Å². The van der Waals surface area contributed by atoms with Crippen LogP contribution in [0.1, 0.15) is 44.9 Å². The first-order valence-corrected chi connectivity index (χ1v) is 7.42. The summed E-state index contributed by atoms with van der Waals surface area (Å²) in [6, 6.07) is 0.432. The van der Waals surface area contributed by atoms with Gasteiger partial charge < -0.3 is 15.4 Å². The van der Waals surface area contributed by atoms with Gasteiger partial charge in [-0.3, -0.25) is 4.79 Å². The lowest BCUT2D eigenvalue weighted by Gasteiger charge is -2.12. The van der Waals surface area contributed by atoms with E-state index in [2.05, 4.69) is 10.6 Å². The first-order chi connectivity index (χ1) is 8.84. The molecule has 2 aliphatic rings. The molecule has 0 aromatic heterocycles. The second-order valence-electron chi connectivity index (χ2n) is 5.60. The number of carbonyl (C=O) groups is 1. The second kappa shape index (κ2) is 7.74. The lowest BCUT2D eigenvalue weighted by Crippen LogP contribution is -2.39. The lowest BCUT2D eigenvalue weighted by atomic mass is 10.2. The summed E-state index contributed by atoms with van der Waals surface area (Å²) in [5.41, 5.74) is 0. The molecule has 0 radical (unpaired) electrons. The predicted molar refractivity (Wildman–Crippen MR) is 71.4 cm³/mol. The van der Waals surface area contributed by atoms with Gasteiger partial charge in [-0.15, -0.1) is 0 Å². The molecule has 0 bridgehead atoms. The normalized spacial score (nSPS) is 20.2. The molecule has 18 heavy (non-hydrogen) atoms. The summed E-state index contributed by atoms with van der Waals surface area (Å²) in [4.78, 5) is 11.6. The second-order valence-corrected chi connectivity index (χ2v) is 5.60. The summed E-state index contributed by atoms with van der Waals surface area (Å²) in [7, 11) is 0. The van der Waals surface area contributed by atoms with E-state index >= 15 is 0 Å². The van der Waals surface area contributed by atoms with Crippen LogP contribution in [0.25, 0.3) is 0 Å². The molecule has 2 aliphatic carbocycles. The molecule has 2 fully saturated rings. The molecule has 0 unspecified atom stereocenters. The molecule has 0 aromatic rings. The van der Waals surface area contributed by atoms with E-state index in [0.29, 0.717) is 12.6 Å². The van der Waals surface area contributed by atoms with Crippen LogP contribution in [0, 0.1) is 5.92 Å². The SMILES string of the molecule is O=C(CNCCCOCC1CC1)NC1CCCC1. The Hall–Kier alpha value is -0.610. The molecule has 0 heterocycles. The average Bonchev–Trinajstić information content (AvgIpc) is 3.04. The van der Waals surface area contributed by atoms with Crippen LogP contribution in [-0.2, 0) is 9.53 Å². The van der Waals surface area contributed by atoms with Crippen molar-refractivity contribution in [2.75, 3.05) is 26.3 Å². The van der Waals surface area contributed by atoms with Gasteiger partial charge in [0.05, 0.1) is 6.54 Å². The van der Waals surface area contributed by atoms with Gasteiger partial charge in [-0.05, 0) is 44.6 Å². The van der Waals surface area contributed by atoms with Gasteiger partial charge in [-0.25, -0.2) is 0 Å². The minimum atomic E-state index is 0.140. The highest BCUT2D eigenvalue weighted by molar-refractivity contribution is 5.78. The first kappa shape index (κ1) is 13.8. The first-order valence-electron chi connectivity index (χ1n) is 7.42. The highest BCUT2D eigenvalue weighted by atomic mass is 16.5. The summed E-state index contributed by atoms with van der Waals surface area (Å²) in [6.07, 6.45) is 8.51. The minimum Gasteiger partial charge on any atom is -0.381 e. The Balaban J connectivity index is 1.36. The van der Waals surface area contributed by atoms with E-state index < -0.39 is 0 Å². The molecule has 104 valence electrons. The number of rotatable bonds is 9. The predicted octanol–water partition coefficient (Wildman–Crippen LogP) is 1.45. The zero-order valence-electron chi connectivity index (χ0n) is 11.2. The van der Waals surface area contributed by atoms with E-state index in [9.17, 15) is 4.79 Å². The zero-order chi connectivity index (χ0) is 12.6. The van der Waals surface area contributed by atoms with Crippen LogP contribution < -0.4 is 10.6 Å². The number of hydrogen-bond acceptors (Lipinski definition) is 3. The monoisotopic (exact) mass is 254 g/mol. The lowest BCUT2D eigenvalue weighted by molar-refractivity contribution is -0.120. The van der Waals surface area contributed by atoms with Gasteiger partial charge in [-0.1, -0.05) is 12.8 Å². The van der Waals surface area contributed by atoms with E-state index in [4.69, 9.17) is 4.74 Å². The molecule has 2 saturated carbocycles. The number of carbonyl (C=O) groups excluding carboxylic acids is 1. The molecule has 0 spiro atoms. The standard InChI is InChI=1S/C14H26N2O2/c17-14(16-13-4-1-2-5-13)10-15-8-3-9-18-11-12-6-7-12/h12-13,15H,1-11H2,(H,16,17). The van der Waals surface area contributed by atoms with Crippen LogP contribution in [0.2, 0.25) is 0 Å². The fourth-order valence-electron chi connectivity index (χ4n) is 2.38. The third kappa shape index (κ3) is 5.83. The van der Waals surface area contributed by atoms with E-state index in [0.717, 1.165) is 44.9 Å². The largest absolute Gasteiger partial charge is 0.381 e. The maximum Gasteiger partial charge on any atom is 0.234 e. The van der Waals surface area contributed by atoms with Crippen LogP contribution in [0.15, 0.2) is 0 Å². The van der Waals surface area contributed by atoms with Crippen molar-refractivity contribution in [2.24, 2.45) is 5.92 Å². The van der Waals surface area contributed by atoms with Crippen molar-refractivity contribution in [3.8, 4) is 0 Å². The number of ether oxygens (including phenoxy) is 1. The fraction of sp³-hybridized carbons (Fsp3) is 0.929. The number of amides is 1. The van der Waals surface area contributed by atoms with E-state index in [1.165, 1.54) is 25.7 Å². The van der Waals surface area contributed by atoms with Gasteiger partial charge in [0.2, 0.25) is 5.91 Å². The molecule has 2 rings (SSSR count). The fourth-order valence-corrected chi connectivity index (χ4v) is 2.38. The smallest absolute Gasteiger partial charge is 0.234 e. The molecule has 0 aromatic carbocycles. The van der Waals surface area contributed by atoms with Crippen LogP contribution in [0.5, 0.6) is 0 Å². The Morgan fingerprint density at radius 2 is 1.94 bits per heavy atom. The summed E-state index contributed by atoms with van der Waals surface area (Å²) >= 11 is 0. The van der Waals surface area contributed by atoms with Crippen molar-refractivity contribution in [3.63, 3.8) is 0 Å². The molecule has 0 atom stereocenters. The Morgan fingerprint density at radius 3 is 2.67 bits per heavy atom. The van der Waals surface area contributed by atoms with Gasteiger partial charge in [0.25, 0.3) is 0 Å². The van der Waals surface area contributed by atoms with Crippen molar-refractivity contribution in [3.05, 3.63) is 0 Å². The molecule has 4 heteroatoms. The Kier molecular flexibility index (Phi) is 5.94. The average molecular weight is 254 g/mol. The maximum absolute atomic E-state index is 11.6. The highest BCUT2D eigenvalue weighted by Gasteiger charge is 2.20. The highest BCUT2D eigenvalue weighted by Crippen LogP contribution is 2.28. The van der Waals surface area contributed by atoms with Crippen LogP contribution >= 0.6 is 0 Å². The van der Waals surface area contributed by atoms with Crippen LogP contribution in [0.4, 0.5) is 0 Å². The van der Waals surface area contributed by atoms with Crippen LogP contribution in [-0.4, -0.2) is 38.3 Å². The summed E-state index contributed by atoms with van der Waals surface area (Å²) < 4.78 is 5.53. The van der Waals surface area contributed by atoms with E-state index in [-0.39, 0.29) is 5.91 Å². The van der Waals surface area contributed by atoms with E-state index in [1.807, 2.05) is 0 Å². The van der Waals surface area contributed by atoms with Gasteiger partial charge in [0.15, 0.2) is 0 Å². The van der Waals surface area contributed by atoms with Crippen molar-refractivity contribution in [1.82, 2.24) is 10.6 Å². The summed E-state index contributed by atoms with van der Waals surface area (Å²) in [5, 5.41) is 6.24. The molecule has 0 aliphatic heterocycles. The summed E-state index contributed by atoms with van der Waals surface area (Å²) in [6.45, 7) is 3.05. The number of nitrogens with one attached hydrogen (secondary N) is 2. The Labute approximate surface area is 110 Å². The maximum atomic E-state index is 11.6. The number of hydrogen-bond donors (Lipinski definition) is 2. The molecule has 1 amide bonds.